The summed E-state index contributed by atoms with van der Waals surface area (Å²) in [6.45, 7) is 17.8. The second kappa shape index (κ2) is 6.75. The molecule has 2 nitrogen and oxygen atoms in total. The molecule has 1 fully saturated rings. The number of hydrogen-bond donors (Lipinski definition) is 1. The van der Waals surface area contributed by atoms with E-state index in [0.717, 1.165) is 24.9 Å². The highest BCUT2D eigenvalue weighted by atomic mass is 15.2. The van der Waals surface area contributed by atoms with Crippen LogP contribution < -0.4 is 5.32 Å². The maximum Gasteiger partial charge on any atom is 0.00449 e. The first-order valence-corrected chi connectivity index (χ1v) is 7.36. The van der Waals surface area contributed by atoms with Crippen molar-refractivity contribution < 1.29 is 0 Å². The highest BCUT2D eigenvalue weighted by Gasteiger charge is 2.27. The first-order valence-electron chi connectivity index (χ1n) is 7.36. The predicted octanol–water partition coefficient (Wildman–Crippen LogP) is 2.99. The van der Waals surface area contributed by atoms with Crippen molar-refractivity contribution in [2.45, 2.75) is 47.5 Å². The predicted molar refractivity (Wildman–Crippen MR) is 76.3 cm³/mol. The van der Waals surface area contributed by atoms with Crippen molar-refractivity contribution in [1.29, 1.82) is 0 Å². The van der Waals surface area contributed by atoms with Gasteiger partial charge in [-0.15, -0.1) is 0 Å². The van der Waals surface area contributed by atoms with Crippen LogP contribution >= 0.6 is 0 Å². The van der Waals surface area contributed by atoms with Crippen LogP contribution in [0.5, 0.6) is 0 Å². The molecule has 1 atom stereocenters. The van der Waals surface area contributed by atoms with Crippen molar-refractivity contribution in [3.63, 3.8) is 0 Å². The molecular formula is C15H32N2. The smallest absolute Gasteiger partial charge is 0.00449 e. The third-order valence-electron chi connectivity index (χ3n) is 3.76. The van der Waals surface area contributed by atoms with Gasteiger partial charge in [0, 0.05) is 19.6 Å². The Morgan fingerprint density at radius 2 is 2.06 bits per heavy atom. The molecule has 17 heavy (non-hydrogen) atoms. The summed E-state index contributed by atoms with van der Waals surface area (Å²) in [6, 6.07) is 0. The third-order valence-corrected chi connectivity index (χ3v) is 3.76. The average Bonchev–Trinajstić information content (AvgIpc) is 2.63. The Hall–Kier alpha value is -0.0800. The standard InChI is InChI=1S/C15H32N2/c1-6-14-7-8-17(10-14)12-15(4,5)11-16-9-13(2)3/h13-14,16H,6-12H2,1-5H3. The van der Waals surface area contributed by atoms with Crippen LogP contribution in [0.3, 0.4) is 0 Å². The lowest BCUT2D eigenvalue weighted by atomic mass is 9.92. The van der Waals surface area contributed by atoms with Gasteiger partial charge in [-0.1, -0.05) is 41.0 Å². The van der Waals surface area contributed by atoms with E-state index in [9.17, 15) is 0 Å². The average molecular weight is 240 g/mol. The van der Waals surface area contributed by atoms with Crippen LogP contribution in [0.4, 0.5) is 0 Å². The topological polar surface area (TPSA) is 15.3 Å². The molecule has 102 valence electrons. The van der Waals surface area contributed by atoms with Crippen molar-refractivity contribution in [1.82, 2.24) is 10.2 Å². The van der Waals surface area contributed by atoms with E-state index in [1.54, 1.807) is 0 Å². The van der Waals surface area contributed by atoms with Crippen molar-refractivity contribution in [2.24, 2.45) is 17.3 Å². The van der Waals surface area contributed by atoms with Crippen LogP contribution in [0.2, 0.25) is 0 Å². The van der Waals surface area contributed by atoms with E-state index >= 15 is 0 Å². The molecule has 0 radical (unpaired) electrons. The van der Waals surface area contributed by atoms with Gasteiger partial charge in [0.25, 0.3) is 0 Å². The molecule has 1 unspecified atom stereocenters. The minimum Gasteiger partial charge on any atom is -0.316 e. The van der Waals surface area contributed by atoms with Gasteiger partial charge in [0.1, 0.15) is 0 Å². The van der Waals surface area contributed by atoms with Gasteiger partial charge in [-0.3, -0.25) is 0 Å². The number of nitrogens with one attached hydrogen (secondary N) is 1. The van der Waals surface area contributed by atoms with E-state index in [0.29, 0.717) is 5.41 Å². The zero-order chi connectivity index (χ0) is 12.9. The van der Waals surface area contributed by atoms with Gasteiger partial charge in [0.2, 0.25) is 0 Å². The normalized spacial score (nSPS) is 22.6. The summed E-state index contributed by atoms with van der Waals surface area (Å²) < 4.78 is 0. The summed E-state index contributed by atoms with van der Waals surface area (Å²) in [5, 5.41) is 3.60. The largest absolute Gasteiger partial charge is 0.316 e. The Labute approximate surface area is 108 Å². The van der Waals surface area contributed by atoms with Crippen LogP contribution in [0.1, 0.15) is 47.5 Å². The summed E-state index contributed by atoms with van der Waals surface area (Å²) in [5.41, 5.74) is 0.400. The Morgan fingerprint density at radius 1 is 1.35 bits per heavy atom. The van der Waals surface area contributed by atoms with E-state index in [4.69, 9.17) is 0 Å². The maximum atomic E-state index is 3.60. The molecule has 1 aliphatic heterocycles. The van der Waals surface area contributed by atoms with E-state index in [-0.39, 0.29) is 0 Å². The minimum absolute atomic E-state index is 0.400. The molecule has 0 aromatic rings. The number of likely N-dealkylation sites (tertiary alicyclic amines) is 1. The highest BCUT2D eigenvalue weighted by molar-refractivity contribution is 4.81. The summed E-state index contributed by atoms with van der Waals surface area (Å²) in [4.78, 5) is 2.66. The molecule has 1 N–H and O–H groups in total. The monoisotopic (exact) mass is 240 g/mol. The van der Waals surface area contributed by atoms with Crippen molar-refractivity contribution >= 4 is 0 Å². The second-order valence-corrected chi connectivity index (χ2v) is 6.99. The number of rotatable bonds is 7. The first kappa shape index (κ1) is 15.0. The highest BCUT2D eigenvalue weighted by Crippen LogP contribution is 2.24. The molecular weight excluding hydrogens is 208 g/mol. The summed E-state index contributed by atoms with van der Waals surface area (Å²) >= 11 is 0. The van der Waals surface area contributed by atoms with Gasteiger partial charge in [0.15, 0.2) is 0 Å². The lowest BCUT2D eigenvalue weighted by molar-refractivity contribution is 0.197. The number of hydrogen-bond acceptors (Lipinski definition) is 2. The quantitative estimate of drug-likeness (QED) is 0.736. The van der Waals surface area contributed by atoms with Gasteiger partial charge < -0.3 is 10.2 Å². The lowest BCUT2D eigenvalue weighted by Crippen LogP contribution is -2.40. The fourth-order valence-corrected chi connectivity index (χ4v) is 2.75. The zero-order valence-corrected chi connectivity index (χ0v) is 12.6. The third kappa shape index (κ3) is 5.87. The fourth-order valence-electron chi connectivity index (χ4n) is 2.75. The Morgan fingerprint density at radius 3 is 2.59 bits per heavy atom. The second-order valence-electron chi connectivity index (χ2n) is 6.99. The SMILES string of the molecule is CCC1CCN(CC(C)(C)CNCC(C)C)C1. The molecule has 1 aliphatic rings. The molecule has 0 aliphatic carbocycles. The van der Waals surface area contributed by atoms with Gasteiger partial charge in [-0.25, -0.2) is 0 Å². The Kier molecular flexibility index (Phi) is 5.94. The molecule has 1 rings (SSSR count). The van der Waals surface area contributed by atoms with E-state index in [1.807, 2.05) is 0 Å². The van der Waals surface area contributed by atoms with Gasteiger partial charge in [0.05, 0.1) is 0 Å². The molecule has 0 saturated carbocycles. The van der Waals surface area contributed by atoms with Crippen molar-refractivity contribution in [3.05, 3.63) is 0 Å². The molecule has 0 bridgehead atoms. The van der Waals surface area contributed by atoms with E-state index in [2.05, 4.69) is 44.8 Å². The van der Waals surface area contributed by atoms with Gasteiger partial charge >= 0.3 is 0 Å². The minimum atomic E-state index is 0.400. The lowest BCUT2D eigenvalue weighted by Gasteiger charge is -2.31. The molecule has 1 saturated heterocycles. The summed E-state index contributed by atoms with van der Waals surface area (Å²) in [6.07, 6.45) is 2.76. The molecule has 2 heteroatoms. The first-order chi connectivity index (χ1) is 7.93. The summed E-state index contributed by atoms with van der Waals surface area (Å²) in [7, 11) is 0. The molecule has 0 spiro atoms. The van der Waals surface area contributed by atoms with Crippen LogP contribution in [0.15, 0.2) is 0 Å². The van der Waals surface area contributed by atoms with Gasteiger partial charge in [-0.05, 0) is 36.8 Å². The van der Waals surface area contributed by atoms with Gasteiger partial charge in [-0.2, -0.15) is 0 Å². The van der Waals surface area contributed by atoms with Crippen LogP contribution in [0, 0.1) is 17.3 Å². The molecule has 0 amide bonds. The molecule has 1 heterocycles. The van der Waals surface area contributed by atoms with Crippen LogP contribution in [0.25, 0.3) is 0 Å². The Balaban J connectivity index is 2.24. The van der Waals surface area contributed by atoms with E-state index in [1.165, 1.54) is 32.5 Å². The van der Waals surface area contributed by atoms with E-state index < -0.39 is 0 Å². The van der Waals surface area contributed by atoms with Crippen LogP contribution in [-0.4, -0.2) is 37.6 Å². The zero-order valence-electron chi connectivity index (χ0n) is 12.6. The fraction of sp³-hybridized carbons (Fsp3) is 1.00. The molecule has 0 aromatic heterocycles. The van der Waals surface area contributed by atoms with Crippen molar-refractivity contribution in [3.8, 4) is 0 Å². The molecule has 0 aromatic carbocycles. The maximum absolute atomic E-state index is 3.60. The Bertz CT molecular complexity index is 211. The number of nitrogens with zero attached hydrogens (tertiary/aromatic N) is 1. The van der Waals surface area contributed by atoms with Crippen LogP contribution in [-0.2, 0) is 0 Å². The summed E-state index contributed by atoms with van der Waals surface area (Å²) in [5.74, 6) is 1.71. The van der Waals surface area contributed by atoms with Crippen molar-refractivity contribution in [2.75, 3.05) is 32.7 Å².